The molecule has 2 N–H and O–H groups in total. The molecule has 0 fully saturated rings. The number of carbonyl (C=O) groups is 2. The number of carboxylic acids is 1. The summed E-state index contributed by atoms with van der Waals surface area (Å²) in [6.45, 7) is 0.442. The zero-order chi connectivity index (χ0) is 21.3. The molecular weight excluding hydrogens is 380 g/mol. The van der Waals surface area contributed by atoms with Crippen LogP contribution in [0.4, 0.5) is 5.69 Å². The van der Waals surface area contributed by atoms with Gasteiger partial charge >= 0.3 is 5.97 Å². The molecule has 0 aliphatic heterocycles. The summed E-state index contributed by atoms with van der Waals surface area (Å²) in [6.07, 6.45) is 1.46. The highest BCUT2D eigenvalue weighted by atomic mass is 16.5. The fourth-order valence-corrected chi connectivity index (χ4v) is 2.64. The first-order valence-electron chi connectivity index (χ1n) is 9.08. The van der Waals surface area contributed by atoms with E-state index in [2.05, 4.69) is 5.32 Å². The molecule has 0 radical (unpaired) electrons. The fourth-order valence-electron chi connectivity index (χ4n) is 2.64. The minimum Gasteiger partial charge on any atom is -0.489 e. The molecule has 3 aromatic carbocycles. The maximum absolute atomic E-state index is 12.4. The van der Waals surface area contributed by atoms with Gasteiger partial charge in [-0.25, -0.2) is 4.79 Å². The van der Waals surface area contributed by atoms with Crippen LogP contribution in [0, 0.1) is 11.3 Å². The van der Waals surface area contributed by atoms with Gasteiger partial charge in [0.05, 0.1) is 5.56 Å². The van der Waals surface area contributed by atoms with Crippen molar-refractivity contribution in [1.82, 2.24) is 0 Å². The summed E-state index contributed by atoms with van der Waals surface area (Å²) in [5, 5.41) is 20.9. The number of carbonyl (C=O) groups excluding carboxylic acids is 1. The van der Waals surface area contributed by atoms with E-state index in [1.54, 1.807) is 30.3 Å². The number of aromatic carboxylic acids is 1. The van der Waals surface area contributed by atoms with Gasteiger partial charge < -0.3 is 15.2 Å². The number of amides is 1. The van der Waals surface area contributed by atoms with E-state index in [0.29, 0.717) is 23.6 Å². The van der Waals surface area contributed by atoms with Gasteiger partial charge in [-0.1, -0.05) is 48.5 Å². The van der Waals surface area contributed by atoms with Crippen LogP contribution in [-0.4, -0.2) is 17.0 Å². The van der Waals surface area contributed by atoms with E-state index in [9.17, 15) is 14.9 Å². The number of carboxylic acid groups (broad SMARTS) is 1. The van der Waals surface area contributed by atoms with E-state index in [1.807, 2.05) is 36.4 Å². The standard InChI is InChI=1S/C24H18N2O4/c25-15-20(23(27)26-21-8-4-7-19(14-21)24(28)29)13-17-9-11-22(12-10-17)30-16-18-5-2-1-3-6-18/h1-14H,16H2,(H,26,27)(H,28,29)/b20-13-. The van der Waals surface area contributed by atoms with Crippen molar-refractivity contribution in [1.29, 1.82) is 5.26 Å². The first-order chi connectivity index (χ1) is 14.5. The highest BCUT2D eigenvalue weighted by Gasteiger charge is 2.11. The monoisotopic (exact) mass is 398 g/mol. The Morgan fingerprint density at radius 3 is 2.40 bits per heavy atom. The van der Waals surface area contributed by atoms with Crippen LogP contribution in [0.15, 0.2) is 84.4 Å². The summed E-state index contributed by atoms with van der Waals surface area (Å²) in [4.78, 5) is 23.4. The van der Waals surface area contributed by atoms with Crippen molar-refractivity contribution >= 4 is 23.6 Å². The molecule has 0 saturated heterocycles. The van der Waals surface area contributed by atoms with Crippen molar-refractivity contribution in [2.24, 2.45) is 0 Å². The predicted molar refractivity (Wildman–Crippen MR) is 113 cm³/mol. The minimum atomic E-state index is -1.10. The number of hydrogen-bond acceptors (Lipinski definition) is 4. The minimum absolute atomic E-state index is 0.0429. The number of hydrogen-bond donors (Lipinski definition) is 2. The van der Waals surface area contributed by atoms with Gasteiger partial charge in [0.1, 0.15) is 24.0 Å². The molecule has 3 aromatic rings. The molecule has 3 rings (SSSR count). The highest BCUT2D eigenvalue weighted by Crippen LogP contribution is 2.17. The van der Waals surface area contributed by atoms with E-state index in [0.717, 1.165) is 5.56 Å². The third-order valence-electron chi connectivity index (χ3n) is 4.17. The molecule has 0 bridgehead atoms. The molecule has 0 atom stereocenters. The lowest BCUT2D eigenvalue weighted by Gasteiger charge is -2.07. The molecule has 0 spiro atoms. The Morgan fingerprint density at radius 2 is 1.73 bits per heavy atom. The zero-order valence-corrected chi connectivity index (χ0v) is 15.9. The van der Waals surface area contributed by atoms with Gasteiger partial charge in [-0.15, -0.1) is 0 Å². The largest absolute Gasteiger partial charge is 0.489 e. The van der Waals surface area contributed by atoms with Crippen LogP contribution in [0.25, 0.3) is 6.08 Å². The van der Waals surface area contributed by atoms with Crippen molar-refractivity contribution in [3.8, 4) is 11.8 Å². The molecule has 0 aromatic heterocycles. The molecular formula is C24H18N2O4. The summed E-state index contributed by atoms with van der Waals surface area (Å²) < 4.78 is 5.72. The van der Waals surface area contributed by atoms with Gasteiger partial charge in [0, 0.05) is 5.69 Å². The van der Waals surface area contributed by atoms with Crippen molar-refractivity contribution in [2.45, 2.75) is 6.61 Å². The number of nitriles is 1. The molecule has 6 nitrogen and oxygen atoms in total. The summed E-state index contributed by atoms with van der Waals surface area (Å²) in [7, 11) is 0. The first-order valence-corrected chi connectivity index (χ1v) is 9.08. The Labute approximate surface area is 173 Å². The molecule has 6 heteroatoms. The van der Waals surface area contributed by atoms with E-state index in [1.165, 1.54) is 24.3 Å². The lowest BCUT2D eigenvalue weighted by atomic mass is 10.1. The van der Waals surface area contributed by atoms with Gasteiger partial charge in [0.2, 0.25) is 0 Å². The third-order valence-corrected chi connectivity index (χ3v) is 4.17. The van der Waals surface area contributed by atoms with Crippen molar-refractivity contribution < 1.29 is 19.4 Å². The summed E-state index contributed by atoms with van der Waals surface area (Å²) in [5.41, 5.74) is 1.95. The van der Waals surface area contributed by atoms with Crippen LogP contribution in [0.2, 0.25) is 0 Å². The van der Waals surface area contributed by atoms with Crippen LogP contribution in [0.1, 0.15) is 21.5 Å². The lowest BCUT2D eigenvalue weighted by molar-refractivity contribution is -0.112. The highest BCUT2D eigenvalue weighted by molar-refractivity contribution is 6.10. The van der Waals surface area contributed by atoms with E-state index < -0.39 is 11.9 Å². The number of benzene rings is 3. The predicted octanol–water partition coefficient (Wildman–Crippen LogP) is 4.51. The van der Waals surface area contributed by atoms with Crippen LogP contribution in [-0.2, 0) is 11.4 Å². The van der Waals surface area contributed by atoms with Gasteiger partial charge in [-0.05, 0) is 47.5 Å². The second-order valence-corrected chi connectivity index (χ2v) is 6.35. The summed E-state index contributed by atoms with van der Waals surface area (Å²) in [6, 6.07) is 24.5. The molecule has 148 valence electrons. The third kappa shape index (κ3) is 5.57. The van der Waals surface area contributed by atoms with Crippen LogP contribution in [0.5, 0.6) is 5.75 Å². The Morgan fingerprint density at radius 1 is 1.00 bits per heavy atom. The Balaban J connectivity index is 1.66. The van der Waals surface area contributed by atoms with E-state index in [4.69, 9.17) is 9.84 Å². The fraction of sp³-hybridized carbons (Fsp3) is 0.0417. The van der Waals surface area contributed by atoms with Gasteiger partial charge in [0.15, 0.2) is 0 Å². The maximum Gasteiger partial charge on any atom is 0.335 e. The van der Waals surface area contributed by atoms with Crippen molar-refractivity contribution in [2.75, 3.05) is 5.32 Å². The number of ether oxygens (including phenoxy) is 1. The number of anilines is 1. The lowest BCUT2D eigenvalue weighted by Crippen LogP contribution is -2.13. The maximum atomic E-state index is 12.4. The zero-order valence-electron chi connectivity index (χ0n) is 15.9. The second kappa shape index (κ2) is 9.71. The van der Waals surface area contributed by atoms with Crippen molar-refractivity contribution in [3.63, 3.8) is 0 Å². The number of nitrogens with zero attached hydrogens (tertiary/aromatic N) is 1. The Hall–Kier alpha value is -4.37. The Kier molecular flexibility index (Phi) is 6.59. The average molecular weight is 398 g/mol. The summed E-state index contributed by atoms with van der Waals surface area (Å²) in [5.74, 6) is -1.05. The smallest absolute Gasteiger partial charge is 0.335 e. The molecule has 0 aliphatic rings. The topological polar surface area (TPSA) is 99.4 Å². The molecule has 0 heterocycles. The van der Waals surface area contributed by atoms with Gasteiger partial charge in [0.25, 0.3) is 5.91 Å². The molecule has 0 saturated carbocycles. The van der Waals surface area contributed by atoms with Crippen LogP contribution in [0.3, 0.4) is 0 Å². The molecule has 30 heavy (non-hydrogen) atoms. The number of nitrogens with one attached hydrogen (secondary N) is 1. The van der Waals surface area contributed by atoms with E-state index in [-0.39, 0.29) is 11.1 Å². The number of rotatable bonds is 7. The molecule has 1 amide bonds. The van der Waals surface area contributed by atoms with Crippen molar-refractivity contribution in [3.05, 3.63) is 101 Å². The summed E-state index contributed by atoms with van der Waals surface area (Å²) >= 11 is 0. The molecule has 0 unspecified atom stereocenters. The molecule has 0 aliphatic carbocycles. The normalized spacial score (nSPS) is 10.7. The SMILES string of the molecule is N#C/C(=C/c1ccc(OCc2ccccc2)cc1)C(=O)Nc1cccc(C(=O)O)c1. The second-order valence-electron chi connectivity index (χ2n) is 6.35. The quantitative estimate of drug-likeness (QED) is 0.451. The van der Waals surface area contributed by atoms with Gasteiger partial charge in [-0.3, -0.25) is 4.79 Å². The van der Waals surface area contributed by atoms with E-state index >= 15 is 0 Å². The average Bonchev–Trinajstić information content (AvgIpc) is 2.77. The first kappa shape index (κ1) is 20.4. The van der Waals surface area contributed by atoms with Crippen LogP contribution >= 0.6 is 0 Å². The van der Waals surface area contributed by atoms with Crippen LogP contribution < -0.4 is 10.1 Å². The Bertz CT molecular complexity index is 1110. The van der Waals surface area contributed by atoms with Gasteiger partial charge in [-0.2, -0.15) is 5.26 Å².